The van der Waals surface area contributed by atoms with Crippen LogP contribution in [0.5, 0.6) is 0 Å². The van der Waals surface area contributed by atoms with Gasteiger partial charge in [0.2, 0.25) is 0 Å². The minimum atomic E-state index is -4.97. The molecular weight excluding hydrogens is 319 g/mol. The highest BCUT2D eigenvalue weighted by Gasteiger charge is 2.44. The van der Waals surface area contributed by atoms with Crippen LogP contribution < -0.4 is 5.32 Å². The van der Waals surface area contributed by atoms with Gasteiger partial charge in [-0.25, -0.2) is 4.79 Å². The van der Waals surface area contributed by atoms with Crippen LogP contribution in [-0.4, -0.2) is 18.7 Å². The van der Waals surface area contributed by atoms with Gasteiger partial charge in [0.15, 0.2) is 6.23 Å². The van der Waals surface area contributed by atoms with Crippen LogP contribution in [0.2, 0.25) is 0 Å². The summed E-state index contributed by atoms with van der Waals surface area (Å²) >= 11 is 0. The van der Waals surface area contributed by atoms with Crippen molar-refractivity contribution in [2.45, 2.75) is 56.3 Å². The van der Waals surface area contributed by atoms with E-state index in [0.29, 0.717) is 29.9 Å². The molecular formula is C18H20F3NO2. The van der Waals surface area contributed by atoms with Gasteiger partial charge in [-0.2, -0.15) is 13.2 Å². The average molecular weight is 339 g/mol. The molecule has 1 fully saturated rings. The Morgan fingerprint density at radius 2 is 1.83 bits per heavy atom. The number of carbonyl (C=O) groups is 1. The van der Waals surface area contributed by atoms with Crippen LogP contribution in [0.15, 0.2) is 18.2 Å². The summed E-state index contributed by atoms with van der Waals surface area (Å²) < 4.78 is 42.5. The summed E-state index contributed by atoms with van der Waals surface area (Å²) in [6.45, 7) is 0.544. The van der Waals surface area contributed by atoms with Crippen LogP contribution in [0.1, 0.15) is 66.9 Å². The maximum absolute atomic E-state index is 12.6. The maximum Gasteiger partial charge on any atom is 0.490 e. The molecule has 3 nitrogen and oxygen atoms in total. The fourth-order valence-electron chi connectivity index (χ4n) is 4.36. The largest absolute Gasteiger partial charge is 0.490 e. The lowest BCUT2D eigenvalue weighted by Crippen LogP contribution is -2.33. The molecule has 4 rings (SSSR count). The Labute approximate surface area is 138 Å². The van der Waals surface area contributed by atoms with Gasteiger partial charge in [0.1, 0.15) is 0 Å². The highest BCUT2D eigenvalue weighted by atomic mass is 19.4. The summed E-state index contributed by atoms with van der Waals surface area (Å²) in [5.41, 5.74) is 3.10. The Morgan fingerprint density at radius 3 is 2.54 bits per heavy atom. The number of nitrogens with one attached hydrogen (secondary N) is 1. The number of halogens is 3. The third kappa shape index (κ3) is 2.81. The maximum atomic E-state index is 12.6. The summed E-state index contributed by atoms with van der Waals surface area (Å²) in [5, 5.41) is 2.98. The lowest BCUT2D eigenvalue weighted by Gasteiger charge is -2.33. The summed E-state index contributed by atoms with van der Waals surface area (Å²) in [7, 11) is 0. The predicted octanol–water partition coefficient (Wildman–Crippen LogP) is 4.16. The number of hydrogen-bond acceptors (Lipinski definition) is 3. The highest BCUT2D eigenvalue weighted by molar-refractivity contribution is 5.76. The summed E-state index contributed by atoms with van der Waals surface area (Å²) in [6.07, 6.45) is -0.434. The minimum absolute atomic E-state index is 0.341. The molecule has 1 aliphatic heterocycles. The first-order valence-corrected chi connectivity index (χ1v) is 8.59. The molecule has 2 aliphatic carbocycles. The highest BCUT2D eigenvalue weighted by Crippen LogP contribution is 2.53. The number of rotatable bonds is 2. The zero-order chi connectivity index (χ0) is 16.9. The molecule has 0 radical (unpaired) electrons. The van der Waals surface area contributed by atoms with Crippen molar-refractivity contribution in [2.24, 2.45) is 5.92 Å². The van der Waals surface area contributed by atoms with Crippen molar-refractivity contribution < 1.29 is 22.7 Å². The molecule has 0 amide bonds. The van der Waals surface area contributed by atoms with E-state index in [0.717, 1.165) is 24.8 Å². The Bertz CT molecular complexity index is 654. The van der Waals surface area contributed by atoms with Crippen LogP contribution in [-0.2, 0) is 9.53 Å². The van der Waals surface area contributed by atoms with E-state index in [9.17, 15) is 18.0 Å². The van der Waals surface area contributed by atoms with E-state index < -0.39 is 18.4 Å². The van der Waals surface area contributed by atoms with E-state index in [-0.39, 0.29) is 0 Å². The van der Waals surface area contributed by atoms with E-state index in [1.165, 1.54) is 18.4 Å². The number of esters is 1. The smallest absolute Gasteiger partial charge is 0.436 e. The van der Waals surface area contributed by atoms with Crippen LogP contribution in [0.25, 0.3) is 0 Å². The standard InChI is InChI=1S/C18H20F3NO2/c19-18(20,21)17(23)24-16-14-3-1-2-13-12(10-4-5-10)7-6-11(15(13)14)8-9-22-16/h1-3,10-12,16,22H,4-9H2. The summed E-state index contributed by atoms with van der Waals surface area (Å²) in [6, 6.07) is 5.79. The van der Waals surface area contributed by atoms with E-state index in [4.69, 9.17) is 4.74 Å². The van der Waals surface area contributed by atoms with Crippen molar-refractivity contribution in [2.75, 3.05) is 6.54 Å². The van der Waals surface area contributed by atoms with Crippen LogP contribution in [0.4, 0.5) is 13.2 Å². The van der Waals surface area contributed by atoms with Crippen molar-refractivity contribution >= 4 is 5.97 Å². The molecule has 3 atom stereocenters. The second kappa shape index (κ2) is 5.76. The molecule has 6 heteroatoms. The molecule has 1 aromatic rings. The van der Waals surface area contributed by atoms with E-state index in [1.807, 2.05) is 6.07 Å². The second-order valence-corrected chi connectivity index (χ2v) is 7.09. The monoisotopic (exact) mass is 339 g/mol. The normalized spacial score (nSPS) is 29.5. The second-order valence-electron chi connectivity index (χ2n) is 7.09. The molecule has 24 heavy (non-hydrogen) atoms. The van der Waals surface area contributed by atoms with Crippen molar-refractivity contribution in [3.05, 3.63) is 34.9 Å². The van der Waals surface area contributed by atoms with Gasteiger partial charge in [-0.05, 0) is 67.5 Å². The average Bonchev–Trinajstić information content (AvgIpc) is 3.37. The molecule has 1 heterocycles. The quantitative estimate of drug-likeness (QED) is 0.823. The molecule has 0 spiro atoms. The third-order valence-corrected chi connectivity index (χ3v) is 5.56. The number of hydrogen-bond donors (Lipinski definition) is 1. The number of alkyl halides is 3. The molecule has 3 aliphatic rings. The summed E-state index contributed by atoms with van der Waals surface area (Å²) in [4.78, 5) is 11.3. The molecule has 0 aromatic heterocycles. The fraction of sp³-hybridized carbons (Fsp3) is 0.611. The first-order valence-electron chi connectivity index (χ1n) is 8.59. The molecule has 0 saturated heterocycles. The minimum Gasteiger partial charge on any atom is -0.436 e. The zero-order valence-electron chi connectivity index (χ0n) is 13.2. The Kier molecular flexibility index (Phi) is 3.82. The van der Waals surface area contributed by atoms with Gasteiger partial charge in [-0.15, -0.1) is 0 Å². The number of carbonyl (C=O) groups excluding carboxylic acids is 1. The Hall–Kier alpha value is -1.56. The first-order chi connectivity index (χ1) is 11.4. The van der Waals surface area contributed by atoms with Crippen LogP contribution >= 0.6 is 0 Å². The number of ether oxygens (including phenoxy) is 1. The van der Waals surface area contributed by atoms with Crippen LogP contribution in [0, 0.1) is 5.92 Å². The fourth-order valence-corrected chi connectivity index (χ4v) is 4.36. The van der Waals surface area contributed by atoms with Crippen molar-refractivity contribution in [1.82, 2.24) is 5.32 Å². The van der Waals surface area contributed by atoms with Crippen molar-refractivity contribution in [3.63, 3.8) is 0 Å². The van der Waals surface area contributed by atoms with Crippen molar-refractivity contribution in [1.29, 1.82) is 0 Å². The zero-order valence-corrected chi connectivity index (χ0v) is 13.2. The lowest BCUT2D eigenvalue weighted by atomic mass is 9.72. The first kappa shape index (κ1) is 15.9. The third-order valence-electron chi connectivity index (χ3n) is 5.56. The van der Waals surface area contributed by atoms with Gasteiger partial charge in [0.05, 0.1) is 0 Å². The molecule has 1 saturated carbocycles. The summed E-state index contributed by atoms with van der Waals surface area (Å²) in [5.74, 6) is -0.572. The topological polar surface area (TPSA) is 38.3 Å². The van der Waals surface area contributed by atoms with Gasteiger partial charge in [-0.1, -0.05) is 18.2 Å². The van der Waals surface area contributed by atoms with Gasteiger partial charge in [0.25, 0.3) is 0 Å². The molecule has 130 valence electrons. The van der Waals surface area contributed by atoms with Gasteiger partial charge >= 0.3 is 12.1 Å². The molecule has 3 unspecified atom stereocenters. The SMILES string of the molecule is O=C(OC1NCCC2CCC(C3CC3)c3cccc1c32)C(F)(F)F. The lowest BCUT2D eigenvalue weighted by molar-refractivity contribution is -0.206. The van der Waals surface area contributed by atoms with E-state index in [1.54, 1.807) is 6.07 Å². The van der Waals surface area contributed by atoms with Crippen molar-refractivity contribution in [3.8, 4) is 0 Å². The van der Waals surface area contributed by atoms with Gasteiger partial charge in [0, 0.05) is 5.56 Å². The van der Waals surface area contributed by atoms with E-state index in [2.05, 4.69) is 11.4 Å². The Morgan fingerprint density at radius 1 is 1.08 bits per heavy atom. The predicted molar refractivity (Wildman–Crippen MR) is 81.4 cm³/mol. The van der Waals surface area contributed by atoms with Gasteiger partial charge < -0.3 is 4.74 Å². The Balaban J connectivity index is 1.70. The molecule has 1 aromatic carbocycles. The number of benzene rings is 1. The van der Waals surface area contributed by atoms with Crippen LogP contribution in [0.3, 0.4) is 0 Å². The molecule has 0 bridgehead atoms. The molecule has 1 N–H and O–H groups in total. The van der Waals surface area contributed by atoms with E-state index >= 15 is 0 Å². The van der Waals surface area contributed by atoms with Gasteiger partial charge in [-0.3, -0.25) is 5.32 Å².